The molecule has 2 aromatic rings. The SMILES string of the molecule is CC(C)c1noc2ncc(C(=O)N3[C@@H]4CCCC[C@H]4C[C@H]3C(=O)O)cc12. The highest BCUT2D eigenvalue weighted by Gasteiger charge is 2.47. The number of carboxylic acids is 1. The maximum absolute atomic E-state index is 13.2. The molecule has 138 valence electrons. The van der Waals surface area contributed by atoms with E-state index in [0.29, 0.717) is 17.7 Å². The van der Waals surface area contributed by atoms with Gasteiger partial charge in [-0.2, -0.15) is 0 Å². The van der Waals surface area contributed by atoms with Crippen molar-refractivity contribution in [2.24, 2.45) is 5.92 Å². The molecule has 0 spiro atoms. The van der Waals surface area contributed by atoms with Gasteiger partial charge in [0.05, 0.1) is 16.6 Å². The topological polar surface area (TPSA) is 96.5 Å². The van der Waals surface area contributed by atoms with E-state index < -0.39 is 12.0 Å². The summed E-state index contributed by atoms with van der Waals surface area (Å²) < 4.78 is 5.24. The lowest BCUT2D eigenvalue weighted by Crippen LogP contribution is -2.46. The van der Waals surface area contributed by atoms with Gasteiger partial charge in [0.25, 0.3) is 11.6 Å². The van der Waals surface area contributed by atoms with Gasteiger partial charge in [-0.05, 0) is 37.2 Å². The van der Waals surface area contributed by atoms with E-state index in [4.69, 9.17) is 4.52 Å². The maximum atomic E-state index is 13.2. The van der Waals surface area contributed by atoms with Gasteiger partial charge in [-0.1, -0.05) is 31.8 Å². The highest BCUT2D eigenvalue weighted by molar-refractivity contribution is 5.99. The Labute approximate surface area is 151 Å². The fourth-order valence-corrected chi connectivity index (χ4v) is 4.51. The fourth-order valence-electron chi connectivity index (χ4n) is 4.51. The number of carboxylic acid groups (broad SMARTS) is 1. The fraction of sp³-hybridized carbons (Fsp3) is 0.579. The zero-order valence-electron chi connectivity index (χ0n) is 15.0. The van der Waals surface area contributed by atoms with Gasteiger partial charge < -0.3 is 14.5 Å². The van der Waals surface area contributed by atoms with Gasteiger partial charge in [0.15, 0.2) is 0 Å². The Morgan fingerprint density at radius 2 is 2.08 bits per heavy atom. The second-order valence-electron chi connectivity index (χ2n) is 7.71. The Hall–Kier alpha value is -2.44. The van der Waals surface area contributed by atoms with Gasteiger partial charge in [0.1, 0.15) is 6.04 Å². The van der Waals surface area contributed by atoms with Gasteiger partial charge in [0.2, 0.25) is 0 Å². The van der Waals surface area contributed by atoms with Crippen LogP contribution < -0.4 is 0 Å². The van der Waals surface area contributed by atoms with E-state index in [9.17, 15) is 14.7 Å². The number of amides is 1. The number of pyridine rings is 1. The highest BCUT2D eigenvalue weighted by Crippen LogP contribution is 2.40. The van der Waals surface area contributed by atoms with Crippen LogP contribution in [-0.2, 0) is 4.79 Å². The van der Waals surface area contributed by atoms with Crippen LogP contribution in [0.3, 0.4) is 0 Å². The molecule has 4 rings (SSSR count). The molecule has 1 aliphatic heterocycles. The van der Waals surface area contributed by atoms with Gasteiger partial charge in [-0.25, -0.2) is 9.78 Å². The first-order valence-electron chi connectivity index (χ1n) is 9.28. The van der Waals surface area contributed by atoms with E-state index in [0.717, 1.165) is 36.8 Å². The maximum Gasteiger partial charge on any atom is 0.326 e. The quantitative estimate of drug-likeness (QED) is 0.906. The number of aromatic nitrogens is 2. The third-order valence-corrected chi connectivity index (χ3v) is 5.76. The molecular weight excluding hydrogens is 334 g/mol. The predicted octanol–water partition coefficient (Wildman–Crippen LogP) is 3.20. The van der Waals surface area contributed by atoms with Crippen LogP contribution in [0.4, 0.5) is 0 Å². The van der Waals surface area contributed by atoms with Gasteiger partial charge in [-0.15, -0.1) is 0 Å². The van der Waals surface area contributed by atoms with Crippen LogP contribution in [0.5, 0.6) is 0 Å². The minimum atomic E-state index is -0.922. The summed E-state index contributed by atoms with van der Waals surface area (Å²) in [6.45, 7) is 4.00. The molecule has 7 nitrogen and oxygen atoms in total. The van der Waals surface area contributed by atoms with E-state index in [2.05, 4.69) is 10.1 Å². The number of fused-ring (bicyclic) bond motifs is 2. The van der Waals surface area contributed by atoms with Crippen molar-refractivity contribution in [2.45, 2.75) is 64.0 Å². The molecular formula is C19H23N3O4. The molecule has 1 amide bonds. The molecule has 3 atom stereocenters. The van der Waals surface area contributed by atoms with Crippen molar-refractivity contribution in [3.05, 3.63) is 23.5 Å². The van der Waals surface area contributed by atoms with Crippen molar-refractivity contribution in [3.63, 3.8) is 0 Å². The number of carbonyl (C=O) groups is 2. The summed E-state index contributed by atoms with van der Waals surface area (Å²) in [6.07, 6.45) is 6.04. The van der Waals surface area contributed by atoms with Crippen molar-refractivity contribution in [2.75, 3.05) is 0 Å². The molecule has 0 bridgehead atoms. The number of likely N-dealkylation sites (tertiary alicyclic amines) is 1. The monoisotopic (exact) mass is 357 g/mol. The van der Waals surface area contributed by atoms with Crippen LogP contribution >= 0.6 is 0 Å². The highest BCUT2D eigenvalue weighted by atomic mass is 16.5. The molecule has 2 fully saturated rings. The Morgan fingerprint density at radius 1 is 1.31 bits per heavy atom. The summed E-state index contributed by atoms with van der Waals surface area (Å²) >= 11 is 0. The molecule has 26 heavy (non-hydrogen) atoms. The second kappa shape index (κ2) is 6.37. The number of hydrogen-bond donors (Lipinski definition) is 1. The molecule has 0 aromatic carbocycles. The average Bonchev–Trinajstić information content (AvgIpc) is 3.22. The molecule has 2 aliphatic rings. The summed E-state index contributed by atoms with van der Waals surface area (Å²) in [5.41, 5.74) is 1.56. The van der Waals surface area contributed by atoms with Crippen LogP contribution in [0.15, 0.2) is 16.8 Å². The third-order valence-electron chi connectivity index (χ3n) is 5.76. The first-order valence-corrected chi connectivity index (χ1v) is 9.28. The minimum Gasteiger partial charge on any atom is -0.480 e. The van der Waals surface area contributed by atoms with Crippen molar-refractivity contribution in [1.82, 2.24) is 15.0 Å². The van der Waals surface area contributed by atoms with E-state index >= 15 is 0 Å². The second-order valence-corrected chi connectivity index (χ2v) is 7.71. The predicted molar refractivity (Wildman–Crippen MR) is 93.8 cm³/mol. The summed E-state index contributed by atoms with van der Waals surface area (Å²) in [4.78, 5) is 30.8. The standard InChI is InChI=1S/C19H23N3O4/c1-10(2)16-13-7-12(9-20-17(13)26-21-16)18(23)22-14-6-4-3-5-11(14)8-15(22)19(24)25/h7,9-11,14-15H,3-6,8H2,1-2H3,(H,24,25)/t11-,14+,15-/m0/s1. The first kappa shape index (κ1) is 17.0. The van der Waals surface area contributed by atoms with Gasteiger partial charge in [0, 0.05) is 12.2 Å². The zero-order valence-corrected chi connectivity index (χ0v) is 15.0. The lowest BCUT2D eigenvalue weighted by molar-refractivity contribution is -0.141. The van der Waals surface area contributed by atoms with E-state index in [1.54, 1.807) is 11.0 Å². The summed E-state index contributed by atoms with van der Waals surface area (Å²) in [7, 11) is 0. The average molecular weight is 357 g/mol. The van der Waals surface area contributed by atoms with Gasteiger partial charge in [-0.3, -0.25) is 4.79 Å². The number of carbonyl (C=O) groups excluding carboxylic acids is 1. The van der Waals surface area contributed by atoms with Crippen LogP contribution in [0, 0.1) is 5.92 Å². The van der Waals surface area contributed by atoms with Crippen molar-refractivity contribution in [1.29, 1.82) is 0 Å². The van der Waals surface area contributed by atoms with E-state index in [1.165, 1.54) is 6.20 Å². The number of nitrogens with zero attached hydrogens (tertiary/aromatic N) is 3. The minimum absolute atomic E-state index is 0.0140. The van der Waals surface area contributed by atoms with Crippen LogP contribution in [0.25, 0.3) is 11.1 Å². The molecule has 2 aromatic heterocycles. The Kier molecular flexibility index (Phi) is 4.17. The van der Waals surface area contributed by atoms with E-state index in [-0.39, 0.29) is 23.8 Å². The van der Waals surface area contributed by atoms with Crippen LogP contribution in [0.2, 0.25) is 0 Å². The molecule has 3 heterocycles. The van der Waals surface area contributed by atoms with E-state index in [1.807, 2.05) is 13.8 Å². The smallest absolute Gasteiger partial charge is 0.326 e. The summed E-state index contributed by atoms with van der Waals surface area (Å²) in [6, 6.07) is 1.00. The number of rotatable bonds is 3. The largest absolute Gasteiger partial charge is 0.480 e. The molecule has 0 unspecified atom stereocenters. The lowest BCUT2D eigenvalue weighted by atomic mass is 9.84. The number of aliphatic carboxylic acids is 1. The Balaban J connectivity index is 1.72. The summed E-state index contributed by atoms with van der Waals surface area (Å²) in [5, 5.41) is 14.4. The Bertz CT molecular complexity index is 860. The zero-order chi connectivity index (χ0) is 18.4. The summed E-state index contributed by atoms with van der Waals surface area (Å²) in [5.74, 6) is -0.747. The van der Waals surface area contributed by atoms with Crippen molar-refractivity contribution >= 4 is 23.0 Å². The number of hydrogen-bond acceptors (Lipinski definition) is 5. The molecule has 1 aliphatic carbocycles. The third kappa shape index (κ3) is 2.66. The first-order chi connectivity index (χ1) is 12.5. The van der Waals surface area contributed by atoms with Crippen LogP contribution in [0.1, 0.15) is 67.9 Å². The molecule has 1 saturated carbocycles. The molecule has 1 saturated heterocycles. The van der Waals surface area contributed by atoms with Crippen molar-refractivity contribution < 1.29 is 19.2 Å². The normalized spacial score (nSPS) is 25.7. The van der Waals surface area contributed by atoms with Crippen molar-refractivity contribution in [3.8, 4) is 0 Å². The molecule has 1 N–H and O–H groups in total. The lowest BCUT2D eigenvalue weighted by Gasteiger charge is -2.33. The molecule has 0 radical (unpaired) electrons. The van der Waals surface area contributed by atoms with Crippen LogP contribution in [-0.4, -0.2) is 44.1 Å². The molecule has 7 heteroatoms. The van der Waals surface area contributed by atoms with Gasteiger partial charge >= 0.3 is 5.97 Å². The Morgan fingerprint density at radius 3 is 2.81 bits per heavy atom.